The molecule has 1 amide bonds. The van der Waals surface area contributed by atoms with Crippen molar-refractivity contribution in [3.8, 4) is 6.07 Å². The van der Waals surface area contributed by atoms with Gasteiger partial charge in [-0.25, -0.2) is 0 Å². The number of nitriles is 1. The maximum atomic E-state index is 11.7. The van der Waals surface area contributed by atoms with Crippen LogP contribution >= 0.6 is 11.6 Å². The molecular formula is C12H15ClN3O+. The fourth-order valence-electron chi connectivity index (χ4n) is 1.27. The summed E-state index contributed by atoms with van der Waals surface area (Å²) in [6.45, 7) is 2.01. The van der Waals surface area contributed by atoms with Gasteiger partial charge in [-0.1, -0.05) is 23.7 Å². The van der Waals surface area contributed by atoms with Crippen molar-refractivity contribution >= 4 is 23.2 Å². The second kappa shape index (κ2) is 6.24. The SMILES string of the molecule is C[C@H](C#N)[NH+](C)CC(=O)Nc1ccccc1Cl. The first-order chi connectivity index (χ1) is 8.04. The molecule has 0 heterocycles. The summed E-state index contributed by atoms with van der Waals surface area (Å²) in [4.78, 5) is 12.5. The Labute approximate surface area is 106 Å². The van der Waals surface area contributed by atoms with Gasteiger partial charge in [0.2, 0.25) is 0 Å². The van der Waals surface area contributed by atoms with Crippen molar-refractivity contribution in [3.63, 3.8) is 0 Å². The molecule has 0 aliphatic carbocycles. The molecule has 0 fully saturated rings. The lowest BCUT2D eigenvalue weighted by atomic mass is 10.3. The number of hydrogen-bond donors (Lipinski definition) is 2. The van der Waals surface area contributed by atoms with Crippen molar-refractivity contribution in [1.29, 1.82) is 5.26 Å². The Morgan fingerprint density at radius 3 is 2.82 bits per heavy atom. The summed E-state index contributed by atoms with van der Waals surface area (Å²) in [6, 6.07) is 8.94. The summed E-state index contributed by atoms with van der Waals surface area (Å²) in [6.07, 6.45) is 0. The average molecular weight is 253 g/mol. The lowest BCUT2D eigenvalue weighted by Crippen LogP contribution is -3.13. The first kappa shape index (κ1) is 13.5. The van der Waals surface area contributed by atoms with Gasteiger partial charge >= 0.3 is 0 Å². The van der Waals surface area contributed by atoms with Crippen molar-refractivity contribution in [1.82, 2.24) is 0 Å². The van der Waals surface area contributed by atoms with E-state index >= 15 is 0 Å². The fraction of sp³-hybridized carbons (Fsp3) is 0.333. The Morgan fingerprint density at radius 1 is 1.59 bits per heavy atom. The molecule has 0 bridgehead atoms. The van der Waals surface area contributed by atoms with Gasteiger partial charge in [0.25, 0.3) is 5.91 Å². The molecule has 17 heavy (non-hydrogen) atoms. The second-order valence-electron chi connectivity index (χ2n) is 3.90. The molecule has 1 unspecified atom stereocenters. The van der Waals surface area contributed by atoms with Crippen LogP contribution in [0.5, 0.6) is 0 Å². The smallest absolute Gasteiger partial charge is 0.279 e. The predicted octanol–water partition coefficient (Wildman–Crippen LogP) is 0.705. The molecule has 4 nitrogen and oxygen atoms in total. The van der Waals surface area contributed by atoms with E-state index in [0.29, 0.717) is 10.7 Å². The third-order valence-electron chi connectivity index (χ3n) is 2.52. The van der Waals surface area contributed by atoms with Gasteiger partial charge in [-0.3, -0.25) is 4.79 Å². The largest absolute Gasteiger partial charge is 0.320 e. The number of nitrogens with one attached hydrogen (secondary N) is 2. The number of carbonyl (C=O) groups is 1. The fourth-order valence-corrected chi connectivity index (χ4v) is 1.46. The zero-order chi connectivity index (χ0) is 12.8. The van der Waals surface area contributed by atoms with Crippen LogP contribution in [0.3, 0.4) is 0 Å². The Hall–Kier alpha value is -1.57. The van der Waals surface area contributed by atoms with Crippen LogP contribution in [-0.2, 0) is 4.79 Å². The molecule has 0 spiro atoms. The van der Waals surface area contributed by atoms with Crippen molar-refractivity contribution in [2.24, 2.45) is 0 Å². The monoisotopic (exact) mass is 252 g/mol. The highest BCUT2D eigenvalue weighted by atomic mass is 35.5. The molecule has 2 atom stereocenters. The molecule has 0 aromatic heterocycles. The number of quaternary nitrogens is 1. The van der Waals surface area contributed by atoms with Gasteiger partial charge in [-0.15, -0.1) is 0 Å². The molecular weight excluding hydrogens is 238 g/mol. The van der Waals surface area contributed by atoms with Crippen LogP contribution in [0.25, 0.3) is 0 Å². The summed E-state index contributed by atoms with van der Waals surface area (Å²) in [5, 5.41) is 12.0. The van der Waals surface area contributed by atoms with Gasteiger partial charge in [-0.05, 0) is 12.1 Å². The average Bonchev–Trinajstić information content (AvgIpc) is 2.31. The van der Waals surface area contributed by atoms with E-state index < -0.39 is 0 Å². The summed E-state index contributed by atoms with van der Waals surface area (Å²) >= 11 is 5.92. The number of anilines is 1. The molecule has 0 saturated heterocycles. The number of amides is 1. The number of rotatable bonds is 4. The summed E-state index contributed by atoms with van der Waals surface area (Å²) < 4.78 is 0. The number of halogens is 1. The van der Waals surface area contributed by atoms with Gasteiger partial charge < -0.3 is 10.2 Å². The van der Waals surface area contributed by atoms with E-state index in [2.05, 4.69) is 11.4 Å². The van der Waals surface area contributed by atoms with Gasteiger partial charge in [0.15, 0.2) is 12.6 Å². The molecule has 1 aromatic carbocycles. The van der Waals surface area contributed by atoms with Crippen LogP contribution in [0.2, 0.25) is 5.02 Å². The summed E-state index contributed by atoms with van der Waals surface area (Å²) in [5.74, 6) is -0.155. The van der Waals surface area contributed by atoms with Gasteiger partial charge in [0.1, 0.15) is 6.07 Å². The first-order valence-corrected chi connectivity index (χ1v) is 5.68. The molecule has 0 radical (unpaired) electrons. The van der Waals surface area contributed by atoms with Gasteiger partial charge in [0.05, 0.1) is 17.8 Å². The third-order valence-corrected chi connectivity index (χ3v) is 2.85. The zero-order valence-electron chi connectivity index (χ0n) is 9.83. The third kappa shape index (κ3) is 4.06. The lowest BCUT2D eigenvalue weighted by molar-refractivity contribution is -0.886. The lowest BCUT2D eigenvalue weighted by Gasteiger charge is -2.15. The van der Waals surface area contributed by atoms with Crippen LogP contribution < -0.4 is 10.2 Å². The number of hydrogen-bond acceptors (Lipinski definition) is 2. The van der Waals surface area contributed by atoms with E-state index in [9.17, 15) is 4.79 Å². The maximum Gasteiger partial charge on any atom is 0.279 e. The highest BCUT2D eigenvalue weighted by Crippen LogP contribution is 2.19. The normalized spacial score (nSPS) is 13.5. The van der Waals surface area contributed by atoms with E-state index in [-0.39, 0.29) is 18.5 Å². The van der Waals surface area contributed by atoms with Crippen LogP contribution in [0.4, 0.5) is 5.69 Å². The Balaban J connectivity index is 2.57. The van der Waals surface area contributed by atoms with Crippen LogP contribution in [0, 0.1) is 11.3 Å². The molecule has 0 saturated carbocycles. The second-order valence-corrected chi connectivity index (χ2v) is 4.31. The minimum absolute atomic E-state index is 0.155. The quantitative estimate of drug-likeness (QED) is 0.829. The predicted molar refractivity (Wildman–Crippen MR) is 66.9 cm³/mol. The van der Waals surface area contributed by atoms with Gasteiger partial charge in [-0.2, -0.15) is 5.26 Å². The van der Waals surface area contributed by atoms with Crippen molar-refractivity contribution in [3.05, 3.63) is 29.3 Å². The number of benzene rings is 1. The molecule has 1 rings (SSSR count). The van der Waals surface area contributed by atoms with E-state index in [4.69, 9.17) is 16.9 Å². The standard InChI is InChI=1S/C12H14ClN3O/c1-9(7-14)16(2)8-12(17)15-11-6-4-3-5-10(11)13/h3-6,9H,8H2,1-2H3,(H,15,17)/p+1/t9-/m1/s1. The highest BCUT2D eigenvalue weighted by Gasteiger charge is 2.16. The topological polar surface area (TPSA) is 57.3 Å². The molecule has 1 aromatic rings. The molecule has 0 aliphatic heterocycles. The Morgan fingerprint density at radius 2 is 2.24 bits per heavy atom. The van der Waals surface area contributed by atoms with Crippen molar-refractivity contribution < 1.29 is 9.69 Å². The summed E-state index contributed by atoms with van der Waals surface area (Å²) in [5.41, 5.74) is 0.594. The number of likely N-dealkylation sites (N-methyl/N-ethyl adjacent to an activating group) is 1. The van der Waals surface area contributed by atoms with E-state index in [0.717, 1.165) is 4.90 Å². The molecule has 0 aliphatic rings. The van der Waals surface area contributed by atoms with E-state index in [1.54, 1.807) is 38.2 Å². The zero-order valence-corrected chi connectivity index (χ0v) is 10.6. The van der Waals surface area contributed by atoms with Crippen molar-refractivity contribution in [2.75, 3.05) is 18.9 Å². The number of para-hydroxylation sites is 1. The van der Waals surface area contributed by atoms with Crippen LogP contribution in [0.15, 0.2) is 24.3 Å². The summed E-state index contributed by atoms with van der Waals surface area (Å²) in [7, 11) is 1.81. The Kier molecular flexibility index (Phi) is 4.95. The highest BCUT2D eigenvalue weighted by molar-refractivity contribution is 6.33. The number of nitrogens with zero attached hydrogens (tertiary/aromatic N) is 1. The first-order valence-electron chi connectivity index (χ1n) is 5.31. The van der Waals surface area contributed by atoms with E-state index in [1.165, 1.54) is 0 Å². The van der Waals surface area contributed by atoms with Crippen LogP contribution in [0.1, 0.15) is 6.92 Å². The number of carbonyl (C=O) groups excluding carboxylic acids is 1. The van der Waals surface area contributed by atoms with Crippen LogP contribution in [-0.4, -0.2) is 25.5 Å². The minimum atomic E-state index is -0.216. The molecule has 90 valence electrons. The maximum absolute atomic E-state index is 11.7. The minimum Gasteiger partial charge on any atom is -0.320 e. The van der Waals surface area contributed by atoms with Crippen molar-refractivity contribution in [2.45, 2.75) is 13.0 Å². The van der Waals surface area contributed by atoms with Gasteiger partial charge in [0, 0.05) is 6.92 Å². The molecule has 5 heteroatoms. The molecule has 2 N–H and O–H groups in total. The van der Waals surface area contributed by atoms with E-state index in [1.807, 2.05) is 0 Å². The Bertz CT molecular complexity index is 442.